The number of benzene rings is 1. The molecule has 1 aromatic rings. The summed E-state index contributed by atoms with van der Waals surface area (Å²) < 4.78 is 13.5. The lowest BCUT2D eigenvalue weighted by atomic mass is 9.94. The molecule has 0 bridgehead atoms. The number of halogens is 2. The Morgan fingerprint density at radius 2 is 2.11 bits per heavy atom. The van der Waals surface area contributed by atoms with Gasteiger partial charge in [0.2, 0.25) is 0 Å². The van der Waals surface area contributed by atoms with Gasteiger partial charge in [-0.05, 0) is 24.5 Å². The Morgan fingerprint density at radius 1 is 1.32 bits per heavy atom. The maximum Gasteiger partial charge on any atom is 0.142 e. The van der Waals surface area contributed by atoms with Crippen LogP contribution >= 0.6 is 11.6 Å². The highest BCUT2D eigenvalue weighted by molar-refractivity contribution is 6.31. The van der Waals surface area contributed by atoms with E-state index in [0.717, 1.165) is 31.7 Å². The fourth-order valence-electron chi connectivity index (χ4n) is 3.48. The Labute approximate surface area is 118 Å². The molecule has 1 aromatic carbocycles. The second kappa shape index (κ2) is 5.39. The van der Waals surface area contributed by atoms with Gasteiger partial charge in [-0.2, -0.15) is 0 Å². The molecule has 2 fully saturated rings. The van der Waals surface area contributed by atoms with Crippen LogP contribution in [0.4, 0.5) is 4.39 Å². The van der Waals surface area contributed by atoms with Crippen molar-refractivity contribution in [3.8, 4) is 0 Å². The number of hydrogen-bond acceptors (Lipinski definition) is 2. The Kier molecular flexibility index (Phi) is 3.79. The third kappa shape index (κ3) is 2.78. The van der Waals surface area contributed by atoms with Gasteiger partial charge in [0, 0.05) is 31.7 Å². The molecule has 4 heteroatoms. The number of piperazine rings is 1. The molecular formula is C15H20ClFN2. The third-order valence-electron chi connectivity index (χ3n) is 4.44. The van der Waals surface area contributed by atoms with Gasteiger partial charge >= 0.3 is 0 Å². The first-order valence-corrected chi connectivity index (χ1v) is 7.47. The highest BCUT2D eigenvalue weighted by atomic mass is 35.5. The van der Waals surface area contributed by atoms with Gasteiger partial charge in [0.15, 0.2) is 0 Å². The van der Waals surface area contributed by atoms with E-state index in [1.54, 1.807) is 6.07 Å². The van der Waals surface area contributed by atoms with Crippen molar-refractivity contribution < 1.29 is 4.39 Å². The third-order valence-corrected chi connectivity index (χ3v) is 4.86. The Bertz CT molecular complexity index is 457. The largest absolute Gasteiger partial charge is 0.309 e. The van der Waals surface area contributed by atoms with E-state index in [9.17, 15) is 4.39 Å². The molecule has 1 saturated carbocycles. The van der Waals surface area contributed by atoms with E-state index in [-0.39, 0.29) is 10.8 Å². The summed E-state index contributed by atoms with van der Waals surface area (Å²) in [6, 6.07) is 5.08. The van der Waals surface area contributed by atoms with Crippen molar-refractivity contribution in [2.24, 2.45) is 0 Å². The zero-order chi connectivity index (χ0) is 13.3. The summed E-state index contributed by atoms with van der Waals surface area (Å²) in [6.45, 7) is 3.83. The minimum Gasteiger partial charge on any atom is -0.309 e. The molecule has 0 amide bonds. The molecule has 1 saturated heterocycles. The van der Waals surface area contributed by atoms with Gasteiger partial charge in [0.1, 0.15) is 5.82 Å². The normalized spacial score (nSPS) is 23.1. The van der Waals surface area contributed by atoms with Gasteiger partial charge in [0.25, 0.3) is 0 Å². The predicted molar refractivity (Wildman–Crippen MR) is 75.9 cm³/mol. The van der Waals surface area contributed by atoms with Crippen LogP contribution in [0.1, 0.15) is 31.2 Å². The molecule has 3 rings (SSSR count). The fourth-order valence-corrected chi connectivity index (χ4v) is 3.66. The molecule has 1 aliphatic heterocycles. The zero-order valence-electron chi connectivity index (χ0n) is 11.1. The van der Waals surface area contributed by atoms with Crippen LogP contribution in [0.5, 0.6) is 0 Å². The Balaban J connectivity index is 1.71. The monoisotopic (exact) mass is 282 g/mol. The van der Waals surface area contributed by atoms with E-state index in [4.69, 9.17) is 11.6 Å². The Hall–Kier alpha value is -0.640. The van der Waals surface area contributed by atoms with Gasteiger partial charge in [0.05, 0.1) is 5.02 Å². The lowest BCUT2D eigenvalue weighted by molar-refractivity contribution is 0.128. The van der Waals surface area contributed by atoms with E-state index in [1.807, 2.05) is 6.07 Å². The van der Waals surface area contributed by atoms with Gasteiger partial charge in [-0.1, -0.05) is 36.6 Å². The standard InChI is InChI=1S/C15H20ClFN2/c16-14-12(4-3-5-13(14)17)10-19-9-8-18-15(11-19)6-1-2-7-15/h3-5,18H,1-2,6-11H2. The maximum absolute atomic E-state index is 13.5. The van der Waals surface area contributed by atoms with Crippen LogP contribution in [0.2, 0.25) is 5.02 Å². The first-order chi connectivity index (χ1) is 9.19. The first kappa shape index (κ1) is 13.3. The average Bonchev–Trinajstić information content (AvgIpc) is 2.83. The van der Waals surface area contributed by atoms with E-state index < -0.39 is 0 Å². The van der Waals surface area contributed by atoms with E-state index in [2.05, 4.69) is 10.2 Å². The molecule has 1 spiro atoms. The summed E-state index contributed by atoms with van der Waals surface area (Å²) in [5, 5.41) is 3.97. The van der Waals surface area contributed by atoms with Crippen molar-refractivity contribution in [2.75, 3.05) is 19.6 Å². The number of nitrogens with one attached hydrogen (secondary N) is 1. The summed E-state index contributed by atoms with van der Waals surface area (Å²) in [4.78, 5) is 2.41. The number of nitrogens with zero attached hydrogens (tertiary/aromatic N) is 1. The topological polar surface area (TPSA) is 15.3 Å². The van der Waals surface area contributed by atoms with Crippen molar-refractivity contribution >= 4 is 11.6 Å². The van der Waals surface area contributed by atoms with Crippen molar-refractivity contribution in [3.63, 3.8) is 0 Å². The molecule has 104 valence electrons. The molecule has 2 aliphatic rings. The van der Waals surface area contributed by atoms with Gasteiger partial charge in [-0.25, -0.2) is 4.39 Å². The molecule has 19 heavy (non-hydrogen) atoms. The predicted octanol–water partition coefficient (Wildman–Crippen LogP) is 3.20. The zero-order valence-corrected chi connectivity index (χ0v) is 11.8. The minimum absolute atomic E-state index is 0.279. The van der Waals surface area contributed by atoms with Crippen LogP contribution in [0.15, 0.2) is 18.2 Å². The van der Waals surface area contributed by atoms with Crippen molar-refractivity contribution in [3.05, 3.63) is 34.6 Å². The van der Waals surface area contributed by atoms with E-state index >= 15 is 0 Å². The first-order valence-electron chi connectivity index (χ1n) is 7.09. The van der Waals surface area contributed by atoms with Crippen LogP contribution in [0.3, 0.4) is 0 Å². The average molecular weight is 283 g/mol. The van der Waals surface area contributed by atoms with Crippen LogP contribution in [0.25, 0.3) is 0 Å². The summed E-state index contributed by atoms with van der Waals surface area (Å²) in [7, 11) is 0. The maximum atomic E-state index is 13.5. The van der Waals surface area contributed by atoms with Gasteiger partial charge in [-0.15, -0.1) is 0 Å². The van der Waals surface area contributed by atoms with Crippen LogP contribution in [-0.2, 0) is 6.54 Å². The molecule has 1 aliphatic carbocycles. The van der Waals surface area contributed by atoms with E-state index in [0.29, 0.717) is 5.54 Å². The number of rotatable bonds is 2. The highest BCUT2D eigenvalue weighted by Crippen LogP contribution is 2.32. The van der Waals surface area contributed by atoms with Crippen molar-refractivity contribution in [1.82, 2.24) is 10.2 Å². The molecular weight excluding hydrogens is 263 g/mol. The summed E-state index contributed by atoms with van der Waals surface area (Å²) in [5.41, 5.74) is 1.20. The fraction of sp³-hybridized carbons (Fsp3) is 0.600. The molecule has 2 nitrogen and oxygen atoms in total. The highest BCUT2D eigenvalue weighted by Gasteiger charge is 2.37. The smallest absolute Gasteiger partial charge is 0.142 e. The molecule has 0 radical (unpaired) electrons. The van der Waals surface area contributed by atoms with Crippen molar-refractivity contribution in [1.29, 1.82) is 0 Å². The second-order valence-corrected chi connectivity index (χ2v) is 6.22. The Morgan fingerprint density at radius 3 is 2.89 bits per heavy atom. The lowest BCUT2D eigenvalue weighted by Crippen LogP contribution is -2.58. The van der Waals surface area contributed by atoms with Crippen LogP contribution < -0.4 is 5.32 Å². The minimum atomic E-state index is -0.315. The van der Waals surface area contributed by atoms with Gasteiger partial charge in [-0.3, -0.25) is 4.90 Å². The molecule has 0 aromatic heterocycles. The summed E-state index contributed by atoms with van der Waals surface area (Å²) >= 11 is 6.05. The molecule has 0 atom stereocenters. The van der Waals surface area contributed by atoms with E-state index in [1.165, 1.54) is 31.7 Å². The number of hydrogen-bond donors (Lipinski definition) is 1. The summed E-state index contributed by atoms with van der Waals surface area (Å²) in [5.74, 6) is -0.315. The quantitative estimate of drug-likeness (QED) is 0.896. The van der Waals surface area contributed by atoms with Crippen LogP contribution in [0, 0.1) is 5.82 Å². The second-order valence-electron chi connectivity index (χ2n) is 5.84. The van der Waals surface area contributed by atoms with Crippen LogP contribution in [-0.4, -0.2) is 30.1 Å². The van der Waals surface area contributed by atoms with Gasteiger partial charge < -0.3 is 5.32 Å². The lowest BCUT2D eigenvalue weighted by Gasteiger charge is -2.41. The molecule has 0 unspecified atom stereocenters. The SMILES string of the molecule is Fc1cccc(CN2CCNC3(CCCC3)C2)c1Cl. The molecule has 1 heterocycles. The van der Waals surface area contributed by atoms with Crippen molar-refractivity contribution in [2.45, 2.75) is 37.8 Å². The summed E-state index contributed by atoms with van der Waals surface area (Å²) in [6.07, 6.45) is 5.17. The molecule has 1 N–H and O–H groups in total.